The summed E-state index contributed by atoms with van der Waals surface area (Å²) in [6, 6.07) is 4.90. The summed E-state index contributed by atoms with van der Waals surface area (Å²) in [4.78, 5) is 25.9. The van der Waals surface area contributed by atoms with Crippen molar-refractivity contribution in [2.24, 2.45) is 0 Å². The molecule has 0 amide bonds. The number of imidazole rings is 1. The highest BCUT2D eigenvalue weighted by Crippen LogP contribution is 2.17. The summed E-state index contributed by atoms with van der Waals surface area (Å²) in [6.07, 6.45) is 5.10. The first kappa shape index (κ1) is 14.7. The Labute approximate surface area is 121 Å². The molecule has 6 heteroatoms. The lowest BCUT2D eigenvalue weighted by Gasteiger charge is -2.05. The number of thioether (sulfide) groups is 1. The Morgan fingerprint density at radius 1 is 1.35 bits per heavy atom. The molecule has 0 atom stereocenters. The molecule has 0 spiro atoms. The van der Waals surface area contributed by atoms with Crippen LogP contribution in [0, 0.1) is 0 Å². The number of hydrogen-bond donors (Lipinski definition) is 2. The summed E-state index contributed by atoms with van der Waals surface area (Å²) < 4.78 is 1.54. The monoisotopic (exact) mass is 294 g/mol. The van der Waals surface area contributed by atoms with Gasteiger partial charge in [0.25, 0.3) is 0 Å². The number of carboxylic acids is 1. The van der Waals surface area contributed by atoms with Gasteiger partial charge in [0.05, 0.1) is 16.6 Å². The van der Waals surface area contributed by atoms with Crippen LogP contribution in [0.15, 0.2) is 23.0 Å². The Hall–Kier alpha value is -1.69. The van der Waals surface area contributed by atoms with Gasteiger partial charge in [-0.15, -0.1) is 0 Å². The molecule has 2 aromatic rings. The number of aromatic nitrogens is 2. The zero-order valence-corrected chi connectivity index (χ0v) is 12.2. The van der Waals surface area contributed by atoms with Crippen LogP contribution in [0.1, 0.15) is 29.6 Å². The van der Waals surface area contributed by atoms with Crippen molar-refractivity contribution in [1.29, 1.82) is 0 Å². The SMILES string of the molecule is CSCCCCCn1c(=O)[nH]c2cccc(C(=O)O)c21. The van der Waals surface area contributed by atoms with Crippen LogP contribution >= 0.6 is 11.8 Å². The number of nitrogens with zero attached hydrogens (tertiary/aromatic N) is 1. The predicted octanol–water partition coefficient (Wildman–Crippen LogP) is 2.56. The first-order valence-electron chi connectivity index (χ1n) is 6.59. The molecule has 1 aromatic carbocycles. The molecule has 0 radical (unpaired) electrons. The van der Waals surface area contributed by atoms with Crippen molar-refractivity contribution in [2.75, 3.05) is 12.0 Å². The number of fused-ring (bicyclic) bond motifs is 1. The van der Waals surface area contributed by atoms with E-state index in [1.165, 1.54) is 10.6 Å². The summed E-state index contributed by atoms with van der Waals surface area (Å²) in [5, 5.41) is 9.23. The molecule has 108 valence electrons. The standard InChI is InChI=1S/C14H18N2O3S/c1-20-9-4-2-3-8-16-12-10(13(17)18)6-5-7-11(12)15-14(16)19/h5-7H,2-4,8-9H2,1H3,(H,15,19)(H,17,18). The number of aromatic amines is 1. The highest BCUT2D eigenvalue weighted by atomic mass is 32.2. The van der Waals surface area contributed by atoms with Crippen LogP contribution < -0.4 is 5.69 Å². The highest BCUT2D eigenvalue weighted by Gasteiger charge is 2.14. The summed E-state index contributed by atoms with van der Waals surface area (Å²) >= 11 is 1.81. The molecule has 0 bridgehead atoms. The fourth-order valence-electron chi connectivity index (χ4n) is 2.30. The van der Waals surface area contributed by atoms with Crippen LogP contribution in [0.5, 0.6) is 0 Å². The van der Waals surface area contributed by atoms with Crippen molar-refractivity contribution in [2.45, 2.75) is 25.8 Å². The third-order valence-corrected chi connectivity index (χ3v) is 3.95. The van der Waals surface area contributed by atoms with E-state index in [2.05, 4.69) is 11.2 Å². The van der Waals surface area contributed by atoms with Crippen LogP contribution in [0.25, 0.3) is 11.0 Å². The van der Waals surface area contributed by atoms with Crippen LogP contribution in [-0.2, 0) is 6.54 Å². The highest BCUT2D eigenvalue weighted by molar-refractivity contribution is 7.98. The van der Waals surface area contributed by atoms with Crippen molar-refractivity contribution in [3.63, 3.8) is 0 Å². The van der Waals surface area contributed by atoms with E-state index in [-0.39, 0.29) is 11.3 Å². The number of carboxylic acid groups (broad SMARTS) is 1. The van der Waals surface area contributed by atoms with Gasteiger partial charge in [0.1, 0.15) is 0 Å². The molecule has 20 heavy (non-hydrogen) atoms. The number of hydrogen-bond acceptors (Lipinski definition) is 3. The Morgan fingerprint density at radius 3 is 2.85 bits per heavy atom. The lowest BCUT2D eigenvalue weighted by molar-refractivity contribution is 0.0698. The molecule has 0 fully saturated rings. The van der Waals surface area contributed by atoms with Crippen LogP contribution in [0.4, 0.5) is 0 Å². The van der Waals surface area contributed by atoms with E-state index in [9.17, 15) is 14.7 Å². The number of aromatic carboxylic acids is 1. The molecule has 0 aliphatic rings. The number of benzene rings is 1. The largest absolute Gasteiger partial charge is 0.478 e. The number of aryl methyl sites for hydroxylation is 1. The van der Waals surface area contributed by atoms with E-state index in [1.54, 1.807) is 12.1 Å². The maximum Gasteiger partial charge on any atom is 0.337 e. The van der Waals surface area contributed by atoms with Crippen molar-refractivity contribution in [3.05, 3.63) is 34.2 Å². The summed E-state index contributed by atoms with van der Waals surface area (Å²) in [6.45, 7) is 0.553. The van der Waals surface area contributed by atoms with E-state index in [0.717, 1.165) is 25.0 Å². The van der Waals surface area contributed by atoms with E-state index in [1.807, 2.05) is 11.8 Å². The molecule has 0 aliphatic carbocycles. The van der Waals surface area contributed by atoms with Gasteiger partial charge in [-0.25, -0.2) is 9.59 Å². The van der Waals surface area contributed by atoms with Crippen LogP contribution in [0.3, 0.4) is 0 Å². The second kappa shape index (κ2) is 6.65. The molecule has 2 N–H and O–H groups in total. The molecular formula is C14H18N2O3S. The van der Waals surface area contributed by atoms with E-state index < -0.39 is 5.97 Å². The zero-order valence-electron chi connectivity index (χ0n) is 11.4. The quantitative estimate of drug-likeness (QED) is 0.770. The topological polar surface area (TPSA) is 75.1 Å². The Kier molecular flexibility index (Phi) is 4.89. The van der Waals surface area contributed by atoms with Gasteiger partial charge in [-0.05, 0) is 37.0 Å². The van der Waals surface area contributed by atoms with Gasteiger partial charge in [-0.1, -0.05) is 12.5 Å². The van der Waals surface area contributed by atoms with Gasteiger partial charge < -0.3 is 10.1 Å². The minimum atomic E-state index is -1.01. The lowest BCUT2D eigenvalue weighted by atomic mass is 10.2. The fraction of sp³-hybridized carbons (Fsp3) is 0.429. The van der Waals surface area contributed by atoms with Crippen molar-refractivity contribution >= 4 is 28.8 Å². The maximum absolute atomic E-state index is 11.9. The predicted molar refractivity (Wildman–Crippen MR) is 81.8 cm³/mol. The second-order valence-corrected chi connectivity index (χ2v) is 5.63. The molecule has 1 heterocycles. The Bertz CT molecular complexity index is 660. The van der Waals surface area contributed by atoms with Gasteiger partial charge in [0.15, 0.2) is 0 Å². The number of para-hydroxylation sites is 1. The van der Waals surface area contributed by atoms with E-state index >= 15 is 0 Å². The third-order valence-electron chi connectivity index (χ3n) is 3.25. The average molecular weight is 294 g/mol. The number of H-pyrrole nitrogens is 1. The zero-order chi connectivity index (χ0) is 14.5. The van der Waals surface area contributed by atoms with E-state index in [0.29, 0.717) is 17.6 Å². The first-order chi connectivity index (χ1) is 9.65. The molecule has 0 unspecified atom stereocenters. The van der Waals surface area contributed by atoms with Gasteiger partial charge >= 0.3 is 11.7 Å². The average Bonchev–Trinajstić information content (AvgIpc) is 2.74. The minimum absolute atomic E-state index is 0.171. The minimum Gasteiger partial charge on any atom is -0.478 e. The Morgan fingerprint density at radius 2 is 2.15 bits per heavy atom. The molecule has 0 saturated carbocycles. The third kappa shape index (κ3) is 3.07. The van der Waals surface area contributed by atoms with Crippen molar-refractivity contribution in [1.82, 2.24) is 9.55 Å². The first-order valence-corrected chi connectivity index (χ1v) is 7.98. The van der Waals surface area contributed by atoms with Gasteiger partial charge in [-0.3, -0.25) is 4.57 Å². The maximum atomic E-state index is 11.9. The Balaban J connectivity index is 2.26. The molecule has 2 rings (SSSR count). The number of nitrogens with one attached hydrogen (secondary N) is 1. The van der Waals surface area contributed by atoms with Crippen LogP contribution in [-0.4, -0.2) is 32.6 Å². The summed E-state index contributed by atoms with van der Waals surface area (Å²) in [7, 11) is 0. The van der Waals surface area contributed by atoms with Crippen LogP contribution in [0.2, 0.25) is 0 Å². The smallest absolute Gasteiger partial charge is 0.337 e. The number of unbranched alkanes of at least 4 members (excludes halogenated alkanes) is 2. The molecule has 5 nitrogen and oxygen atoms in total. The summed E-state index contributed by atoms with van der Waals surface area (Å²) in [5.41, 5.74) is 1.01. The van der Waals surface area contributed by atoms with E-state index in [4.69, 9.17) is 0 Å². The second-order valence-electron chi connectivity index (χ2n) is 4.64. The number of carbonyl (C=O) groups is 1. The fourth-order valence-corrected chi connectivity index (χ4v) is 2.79. The van der Waals surface area contributed by atoms with Crippen molar-refractivity contribution < 1.29 is 9.90 Å². The molecule has 1 aromatic heterocycles. The summed E-state index contributed by atoms with van der Waals surface area (Å²) in [5.74, 6) is 0.106. The van der Waals surface area contributed by atoms with Crippen molar-refractivity contribution in [3.8, 4) is 0 Å². The lowest BCUT2D eigenvalue weighted by Crippen LogP contribution is -2.17. The van der Waals surface area contributed by atoms with Gasteiger partial charge in [-0.2, -0.15) is 11.8 Å². The molecule has 0 saturated heterocycles. The number of rotatable bonds is 7. The van der Waals surface area contributed by atoms with Gasteiger partial charge in [0, 0.05) is 6.54 Å². The van der Waals surface area contributed by atoms with Gasteiger partial charge in [0.2, 0.25) is 0 Å². The molecule has 0 aliphatic heterocycles. The molecular weight excluding hydrogens is 276 g/mol. The normalized spacial score (nSPS) is 11.1.